The molecule has 0 saturated carbocycles. The lowest BCUT2D eigenvalue weighted by molar-refractivity contribution is 0.514. The molecule has 0 spiro atoms. The number of nitrogens with one attached hydrogen (secondary N) is 2. The fourth-order valence-corrected chi connectivity index (χ4v) is 2.41. The summed E-state index contributed by atoms with van der Waals surface area (Å²) in [5.74, 6) is 0. The highest BCUT2D eigenvalue weighted by atomic mass is 35.5. The van der Waals surface area contributed by atoms with Crippen molar-refractivity contribution in [2.75, 3.05) is 0 Å². The lowest BCUT2D eigenvalue weighted by Crippen LogP contribution is -2.20. The smallest absolute Gasteiger partial charge is 0.0490 e. The molecule has 0 fully saturated rings. The van der Waals surface area contributed by atoms with E-state index in [4.69, 9.17) is 23.2 Å². The van der Waals surface area contributed by atoms with Gasteiger partial charge < -0.3 is 5.32 Å². The van der Waals surface area contributed by atoms with Crippen LogP contribution in [0.15, 0.2) is 30.5 Å². The van der Waals surface area contributed by atoms with Crippen molar-refractivity contribution in [3.63, 3.8) is 0 Å². The van der Waals surface area contributed by atoms with E-state index in [2.05, 4.69) is 22.4 Å². The first kappa shape index (κ1) is 13.4. The number of nitrogens with zero attached hydrogens (tertiary/aromatic N) is 1. The highest BCUT2D eigenvalue weighted by molar-refractivity contribution is 6.35. The summed E-state index contributed by atoms with van der Waals surface area (Å²) in [6.07, 6.45) is 2.70. The average Bonchev–Trinajstić information content (AvgIpc) is 2.85. The van der Waals surface area contributed by atoms with Crippen molar-refractivity contribution in [1.29, 1.82) is 0 Å². The highest BCUT2D eigenvalue weighted by Gasteiger charge is 2.12. The molecule has 18 heavy (non-hydrogen) atoms. The van der Waals surface area contributed by atoms with Gasteiger partial charge in [-0.25, -0.2) is 0 Å². The van der Waals surface area contributed by atoms with Crippen LogP contribution in [-0.2, 0) is 6.54 Å². The molecule has 96 valence electrons. The number of halogens is 2. The van der Waals surface area contributed by atoms with Crippen molar-refractivity contribution in [3.05, 3.63) is 51.8 Å². The van der Waals surface area contributed by atoms with E-state index in [1.807, 2.05) is 18.2 Å². The number of H-pyrrole nitrogens is 1. The van der Waals surface area contributed by atoms with Gasteiger partial charge in [-0.15, -0.1) is 0 Å². The normalized spacial score (nSPS) is 12.6. The van der Waals surface area contributed by atoms with Crippen molar-refractivity contribution < 1.29 is 0 Å². The maximum absolute atomic E-state index is 6.22. The van der Waals surface area contributed by atoms with Gasteiger partial charge in [0.05, 0.1) is 0 Å². The van der Waals surface area contributed by atoms with E-state index in [0.717, 1.165) is 24.2 Å². The molecule has 1 aromatic carbocycles. The van der Waals surface area contributed by atoms with Crippen LogP contribution < -0.4 is 5.32 Å². The molecule has 3 nitrogen and oxygen atoms in total. The van der Waals surface area contributed by atoms with Gasteiger partial charge in [0, 0.05) is 34.5 Å². The number of aromatic nitrogens is 2. The van der Waals surface area contributed by atoms with Gasteiger partial charge in [-0.05, 0) is 30.2 Å². The molecule has 0 bridgehead atoms. The molecule has 0 amide bonds. The average molecular weight is 284 g/mol. The van der Waals surface area contributed by atoms with E-state index in [1.165, 1.54) is 0 Å². The Hall–Kier alpha value is -1.03. The third kappa shape index (κ3) is 3.25. The Kier molecular flexibility index (Phi) is 4.64. The standard InChI is InChI=1S/C13H15Cl2N3/c1-2-13(16-8-10-5-6-17-18-10)11-4-3-9(14)7-12(11)15/h3-7,13,16H,2,8H2,1H3,(H,17,18). The first-order valence-electron chi connectivity index (χ1n) is 5.87. The Morgan fingerprint density at radius 1 is 1.33 bits per heavy atom. The Labute approximate surface area is 117 Å². The minimum absolute atomic E-state index is 0.207. The van der Waals surface area contributed by atoms with Crippen LogP contribution in [0.2, 0.25) is 10.0 Å². The van der Waals surface area contributed by atoms with Gasteiger partial charge in [0.1, 0.15) is 0 Å². The van der Waals surface area contributed by atoms with Gasteiger partial charge in [-0.3, -0.25) is 5.10 Å². The van der Waals surface area contributed by atoms with Crippen LogP contribution >= 0.6 is 23.2 Å². The van der Waals surface area contributed by atoms with Crippen LogP contribution in [0.3, 0.4) is 0 Å². The zero-order valence-corrected chi connectivity index (χ0v) is 11.6. The Balaban J connectivity index is 2.08. The van der Waals surface area contributed by atoms with Gasteiger partial charge in [-0.2, -0.15) is 5.10 Å². The molecule has 0 aliphatic heterocycles. The van der Waals surface area contributed by atoms with Crippen LogP contribution in [0.1, 0.15) is 30.6 Å². The van der Waals surface area contributed by atoms with Crippen LogP contribution in [0.25, 0.3) is 0 Å². The van der Waals surface area contributed by atoms with E-state index in [1.54, 1.807) is 12.3 Å². The molecular weight excluding hydrogens is 269 g/mol. The second-order valence-electron chi connectivity index (χ2n) is 4.09. The number of benzene rings is 1. The SMILES string of the molecule is CCC(NCc1ccn[nH]1)c1ccc(Cl)cc1Cl. The summed E-state index contributed by atoms with van der Waals surface area (Å²) in [6.45, 7) is 2.85. The summed E-state index contributed by atoms with van der Waals surface area (Å²) in [5.41, 5.74) is 2.13. The quantitative estimate of drug-likeness (QED) is 0.872. The minimum Gasteiger partial charge on any atom is -0.304 e. The highest BCUT2D eigenvalue weighted by Crippen LogP contribution is 2.28. The summed E-state index contributed by atoms with van der Waals surface area (Å²) >= 11 is 12.1. The summed E-state index contributed by atoms with van der Waals surface area (Å²) in [5, 5.41) is 11.7. The lowest BCUT2D eigenvalue weighted by Gasteiger charge is -2.18. The summed E-state index contributed by atoms with van der Waals surface area (Å²) < 4.78 is 0. The van der Waals surface area contributed by atoms with Crippen LogP contribution in [0.5, 0.6) is 0 Å². The second kappa shape index (κ2) is 6.23. The van der Waals surface area contributed by atoms with Crippen molar-refractivity contribution in [2.45, 2.75) is 25.9 Å². The van der Waals surface area contributed by atoms with E-state index in [9.17, 15) is 0 Å². The predicted molar refractivity (Wildman–Crippen MR) is 74.9 cm³/mol. The molecule has 1 heterocycles. The fraction of sp³-hybridized carbons (Fsp3) is 0.308. The van der Waals surface area contributed by atoms with Crippen molar-refractivity contribution in [1.82, 2.24) is 15.5 Å². The molecule has 0 aliphatic carbocycles. The van der Waals surface area contributed by atoms with Gasteiger partial charge >= 0.3 is 0 Å². The maximum atomic E-state index is 6.22. The van der Waals surface area contributed by atoms with Gasteiger partial charge in [0.15, 0.2) is 0 Å². The van der Waals surface area contributed by atoms with Gasteiger partial charge in [-0.1, -0.05) is 36.2 Å². The zero-order chi connectivity index (χ0) is 13.0. The summed E-state index contributed by atoms with van der Waals surface area (Å²) in [6, 6.07) is 7.77. The van der Waals surface area contributed by atoms with Crippen LogP contribution in [0, 0.1) is 0 Å². The monoisotopic (exact) mass is 283 g/mol. The van der Waals surface area contributed by atoms with Crippen LogP contribution in [-0.4, -0.2) is 10.2 Å². The molecule has 0 aliphatic rings. The maximum Gasteiger partial charge on any atom is 0.0490 e. The fourth-order valence-electron chi connectivity index (χ4n) is 1.87. The molecule has 5 heteroatoms. The first-order valence-corrected chi connectivity index (χ1v) is 6.63. The Morgan fingerprint density at radius 2 is 2.17 bits per heavy atom. The number of hydrogen-bond acceptors (Lipinski definition) is 2. The summed E-state index contributed by atoms with van der Waals surface area (Å²) in [7, 11) is 0. The molecular formula is C13H15Cl2N3. The van der Waals surface area contributed by atoms with E-state index in [-0.39, 0.29) is 6.04 Å². The van der Waals surface area contributed by atoms with Crippen molar-refractivity contribution >= 4 is 23.2 Å². The van der Waals surface area contributed by atoms with E-state index in [0.29, 0.717) is 10.0 Å². The molecule has 1 aromatic heterocycles. The predicted octanol–water partition coefficient (Wildman–Crippen LogP) is 3.96. The molecule has 1 atom stereocenters. The number of hydrogen-bond donors (Lipinski definition) is 2. The number of aromatic amines is 1. The molecule has 2 rings (SSSR count). The third-order valence-corrected chi connectivity index (χ3v) is 3.41. The molecule has 2 N–H and O–H groups in total. The topological polar surface area (TPSA) is 40.7 Å². The molecule has 0 saturated heterocycles. The third-order valence-electron chi connectivity index (χ3n) is 2.84. The Bertz CT molecular complexity index is 497. The van der Waals surface area contributed by atoms with Crippen LogP contribution in [0.4, 0.5) is 0 Å². The lowest BCUT2D eigenvalue weighted by atomic mass is 10.0. The summed E-state index contributed by atoms with van der Waals surface area (Å²) in [4.78, 5) is 0. The Morgan fingerprint density at radius 3 is 2.78 bits per heavy atom. The van der Waals surface area contributed by atoms with Crippen molar-refractivity contribution in [3.8, 4) is 0 Å². The second-order valence-corrected chi connectivity index (χ2v) is 4.93. The molecule has 0 radical (unpaired) electrons. The number of rotatable bonds is 5. The first-order chi connectivity index (χ1) is 8.70. The zero-order valence-electron chi connectivity index (χ0n) is 10.1. The molecule has 2 aromatic rings. The van der Waals surface area contributed by atoms with Gasteiger partial charge in [0.2, 0.25) is 0 Å². The van der Waals surface area contributed by atoms with Gasteiger partial charge in [0.25, 0.3) is 0 Å². The minimum atomic E-state index is 0.207. The molecule has 1 unspecified atom stereocenters. The van der Waals surface area contributed by atoms with Crippen molar-refractivity contribution in [2.24, 2.45) is 0 Å². The van der Waals surface area contributed by atoms with E-state index < -0.39 is 0 Å². The largest absolute Gasteiger partial charge is 0.304 e. The van der Waals surface area contributed by atoms with E-state index >= 15 is 0 Å².